The van der Waals surface area contributed by atoms with Crippen molar-refractivity contribution in [2.75, 3.05) is 13.2 Å². The Kier molecular flexibility index (Phi) is 6.82. The van der Waals surface area contributed by atoms with E-state index < -0.39 is 36.1 Å². The minimum absolute atomic E-state index is 0.201. The van der Waals surface area contributed by atoms with Crippen LogP contribution in [-0.4, -0.2) is 37.2 Å². The van der Waals surface area contributed by atoms with Gasteiger partial charge in [0.1, 0.15) is 0 Å². The number of allylic oxidation sites excluding steroid dienone is 2. The fourth-order valence-electron chi connectivity index (χ4n) is 3.73. The number of hydrogen-bond acceptors (Lipinski definition) is 6. The topological polar surface area (TPSA) is 135 Å². The Labute approximate surface area is 185 Å². The molecule has 2 aliphatic heterocycles. The van der Waals surface area contributed by atoms with E-state index in [-0.39, 0.29) is 13.2 Å². The van der Waals surface area contributed by atoms with Gasteiger partial charge < -0.3 is 30.7 Å². The molecule has 2 heterocycles. The van der Waals surface area contributed by atoms with Gasteiger partial charge in [-0.1, -0.05) is 24.3 Å². The number of esters is 2. The van der Waals surface area contributed by atoms with Crippen molar-refractivity contribution in [2.24, 2.45) is 0 Å². The Balaban J connectivity index is 1.95. The Morgan fingerprint density at radius 2 is 1.09 bits per heavy atom. The lowest BCUT2D eigenvalue weighted by Crippen LogP contribution is -2.45. The molecule has 0 aliphatic carbocycles. The lowest BCUT2D eigenvalue weighted by Gasteiger charge is -2.30. The highest BCUT2D eigenvalue weighted by atomic mass is 16.5. The van der Waals surface area contributed by atoms with Gasteiger partial charge in [0.2, 0.25) is 0 Å². The van der Waals surface area contributed by atoms with Gasteiger partial charge >= 0.3 is 24.0 Å². The number of rotatable bonds is 6. The summed E-state index contributed by atoms with van der Waals surface area (Å²) in [6.07, 6.45) is 0. The van der Waals surface area contributed by atoms with Crippen LogP contribution in [0.5, 0.6) is 0 Å². The minimum atomic E-state index is -0.707. The predicted octanol–water partition coefficient (Wildman–Crippen LogP) is 2.07. The minimum Gasteiger partial charge on any atom is -0.463 e. The summed E-state index contributed by atoms with van der Waals surface area (Å²) in [6.45, 7) is 7.08. The number of urea groups is 2. The van der Waals surface area contributed by atoms with E-state index in [0.29, 0.717) is 33.7 Å². The van der Waals surface area contributed by atoms with Crippen molar-refractivity contribution in [3.63, 3.8) is 0 Å². The normalized spacial score (nSPS) is 20.6. The molecule has 4 N–H and O–H groups in total. The predicted molar refractivity (Wildman–Crippen MR) is 114 cm³/mol. The molecular formula is C22H26N4O6. The number of carbonyl (C=O) groups excluding carboxylic acids is 4. The molecule has 4 amide bonds. The van der Waals surface area contributed by atoms with E-state index in [1.165, 1.54) is 0 Å². The first-order chi connectivity index (χ1) is 15.3. The van der Waals surface area contributed by atoms with Crippen LogP contribution >= 0.6 is 0 Å². The smallest absolute Gasteiger partial charge is 0.338 e. The number of amides is 4. The zero-order chi connectivity index (χ0) is 23.4. The lowest BCUT2D eigenvalue weighted by atomic mass is 9.91. The van der Waals surface area contributed by atoms with Crippen molar-refractivity contribution in [3.05, 3.63) is 57.9 Å². The molecule has 0 aromatic heterocycles. The van der Waals surface area contributed by atoms with Crippen molar-refractivity contribution in [2.45, 2.75) is 39.8 Å². The average molecular weight is 442 g/mol. The van der Waals surface area contributed by atoms with Crippen LogP contribution in [0.3, 0.4) is 0 Å². The molecule has 1 aromatic carbocycles. The van der Waals surface area contributed by atoms with Crippen LogP contribution < -0.4 is 21.3 Å². The van der Waals surface area contributed by atoms with E-state index in [4.69, 9.17) is 9.47 Å². The fraction of sp³-hybridized carbons (Fsp3) is 0.364. The number of hydrogen-bond donors (Lipinski definition) is 4. The molecule has 10 nitrogen and oxygen atoms in total. The summed E-state index contributed by atoms with van der Waals surface area (Å²) in [5.41, 5.74) is 2.72. The molecule has 0 spiro atoms. The third-order valence-electron chi connectivity index (χ3n) is 5.13. The monoisotopic (exact) mass is 442 g/mol. The highest BCUT2D eigenvalue weighted by Gasteiger charge is 2.34. The Hall–Kier alpha value is -3.82. The van der Waals surface area contributed by atoms with Gasteiger partial charge in [-0.05, 0) is 38.8 Å². The van der Waals surface area contributed by atoms with E-state index in [1.807, 2.05) is 0 Å². The maximum absolute atomic E-state index is 12.5. The van der Waals surface area contributed by atoms with Gasteiger partial charge in [0.15, 0.2) is 0 Å². The first-order valence-corrected chi connectivity index (χ1v) is 10.3. The molecule has 0 saturated heterocycles. The maximum Gasteiger partial charge on any atom is 0.338 e. The molecule has 2 atom stereocenters. The summed E-state index contributed by atoms with van der Waals surface area (Å²) in [4.78, 5) is 49.0. The van der Waals surface area contributed by atoms with Crippen LogP contribution in [0.4, 0.5) is 9.59 Å². The molecule has 3 rings (SSSR count). The van der Waals surface area contributed by atoms with Gasteiger partial charge in [-0.3, -0.25) is 0 Å². The van der Waals surface area contributed by atoms with Gasteiger partial charge in [0, 0.05) is 11.4 Å². The van der Waals surface area contributed by atoms with E-state index >= 15 is 0 Å². The number of benzene rings is 1. The van der Waals surface area contributed by atoms with Gasteiger partial charge in [0.25, 0.3) is 0 Å². The third-order valence-corrected chi connectivity index (χ3v) is 5.13. The molecule has 0 radical (unpaired) electrons. The van der Waals surface area contributed by atoms with Crippen molar-refractivity contribution >= 4 is 24.0 Å². The molecule has 170 valence electrons. The second-order valence-corrected chi connectivity index (χ2v) is 7.25. The number of nitrogens with one attached hydrogen (secondary N) is 4. The summed E-state index contributed by atoms with van der Waals surface area (Å²) in [7, 11) is 0. The highest BCUT2D eigenvalue weighted by Crippen LogP contribution is 2.31. The number of ether oxygens (including phenoxy) is 2. The van der Waals surface area contributed by atoms with Gasteiger partial charge in [-0.2, -0.15) is 0 Å². The second kappa shape index (κ2) is 9.54. The maximum atomic E-state index is 12.5. The zero-order valence-corrected chi connectivity index (χ0v) is 18.3. The summed E-state index contributed by atoms with van der Waals surface area (Å²) in [5.74, 6) is -1.05. The quantitative estimate of drug-likeness (QED) is 0.498. The standard InChI is InChI=1S/C22H26N4O6/c1-5-31-19(27)15-11(3)23-21(29)25-17(15)13-7-9-14(10-8-13)18-16(20(28)32-6-2)12(4)24-22(30)26-18/h7-10,17-18H,5-6H2,1-4H3,(H2,23,25,29)(H2,24,26,30)/t17-,18+. The SMILES string of the molecule is CCOC(=O)C1=C(C)NC(=O)N[C@H]1c1ccc([C@H]2NC(=O)NC(C)=C2C(=O)OCC)cc1. The molecule has 32 heavy (non-hydrogen) atoms. The molecule has 0 unspecified atom stereocenters. The second-order valence-electron chi connectivity index (χ2n) is 7.25. The van der Waals surface area contributed by atoms with Crippen molar-refractivity contribution in [1.82, 2.24) is 21.3 Å². The van der Waals surface area contributed by atoms with Crippen LogP contribution in [-0.2, 0) is 19.1 Å². The third kappa shape index (κ3) is 4.58. The Morgan fingerprint density at radius 3 is 1.41 bits per heavy atom. The summed E-state index contributed by atoms with van der Waals surface area (Å²) in [5, 5.41) is 10.7. The Bertz CT molecular complexity index is 931. The first kappa shape index (κ1) is 22.9. The highest BCUT2D eigenvalue weighted by molar-refractivity contribution is 5.96. The van der Waals surface area contributed by atoms with E-state index in [0.717, 1.165) is 0 Å². The lowest BCUT2D eigenvalue weighted by molar-refractivity contribution is -0.140. The summed E-state index contributed by atoms with van der Waals surface area (Å²) < 4.78 is 10.3. The Morgan fingerprint density at radius 1 is 0.750 bits per heavy atom. The molecule has 0 saturated carbocycles. The largest absolute Gasteiger partial charge is 0.463 e. The molecule has 1 aromatic rings. The molecular weight excluding hydrogens is 416 g/mol. The van der Waals surface area contributed by atoms with E-state index in [1.54, 1.807) is 52.0 Å². The summed E-state index contributed by atoms with van der Waals surface area (Å²) in [6, 6.07) is 4.63. The van der Waals surface area contributed by atoms with Gasteiger partial charge in [-0.15, -0.1) is 0 Å². The number of carbonyl (C=O) groups is 4. The molecule has 0 fully saturated rings. The summed E-state index contributed by atoms with van der Waals surface area (Å²) >= 11 is 0. The van der Waals surface area contributed by atoms with Crippen LogP contribution in [0.1, 0.15) is 50.9 Å². The van der Waals surface area contributed by atoms with Crippen LogP contribution in [0, 0.1) is 0 Å². The molecule has 10 heteroatoms. The van der Waals surface area contributed by atoms with Crippen LogP contribution in [0.25, 0.3) is 0 Å². The van der Waals surface area contributed by atoms with Crippen molar-refractivity contribution < 1.29 is 28.7 Å². The average Bonchev–Trinajstić information content (AvgIpc) is 2.73. The first-order valence-electron chi connectivity index (χ1n) is 10.3. The van der Waals surface area contributed by atoms with Crippen LogP contribution in [0.2, 0.25) is 0 Å². The zero-order valence-electron chi connectivity index (χ0n) is 18.3. The van der Waals surface area contributed by atoms with Crippen LogP contribution in [0.15, 0.2) is 46.8 Å². The van der Waals surface area contributed by atoms with E-state index in [2.05, 4.69) is 21.3 Å². The fourth-order valence-corrected chi connectivity index (χ4v) is 3.73. The van der Waals surface area contributed by atoms with Crippen molar-refractivity contribution in [3.8, 4) is 0 Å². The van der Waals surface area contributed by atoms with Crippen molar-refractivity contribution in [1.29, 1.82) is 0 Å². The molecule has 2 aliphatic rings. The van der Waals surface area contributed by atoms with Gasteiger partial charge in [0.05, 0.1) is 36.4 Å². The van der Waals surface area contributed by atoms with Gasteiger partial charge in [-0.25, -0.2) is 19.2 Å². The van der Waals surface area contributed by atoms with E-state index in [9.17, 15) is 19.2 Å². The molecule has 0 bridgehead atoms.